The van der Waals surface area contributed by atoms with E-state index in [0.717, 1.165) is 6.07 Å². The molecule has 0 fully saturated rings. The Morgan fingerprint density at radius 3 is 2.59 bits per heavy atom. The van der Waals surface area contributed by atoms with Gasteiger partial charge in [0.05, 0.1) is 23.8 Å². The van der Waals surface area contributed by atoms with Gasteiger partial charge in [0, 0.05) is 0 Å². The van der Waals surface area contributed by atoms with Gasteiger partial charge in [0.2, 0.25) is 0 Å². The maximum Gasteiger partial charge on any atom is 0.379 e. The molecule has 0 amide bonds. The van der Waals surface area contributed by atoms with Crippen molar-refractivity contribution in [3.8, 4) is 5.75 Å². The summed E-state index contributed by atoms with van der Waals surface area (Å²) in [6, 6.07) is 2.25. The summed E-state index contributed by atoms with van der Waals surface area (Å²) in [7, 11) is 1.28. The van der Waals surface area contributed by atoms with Gasteiger partial charge < -0.3 is 9.47 Å². The third-order valence-electron chi connectivity index (χ3n) is 1.96. The first kappa shape index (κ1) is 13.6. The average Bonchev–Trinajstić information content (AvgIpc) is 2.31. The number of methoxy groups -OCH3 is 1. The lowest BCUT2D eigenvalue weighted by atomic mass is 10.1. The van der Waals surface area contributed by atoms with Crippen LogP contribution in [0.4, 0.5) is 4.39 Å². The molecule has 0 spiro atoms. The number of ether oxygens (including phenoxy) is 2. The van der Waals surface area contributed by atoms with Gasteiger partial charge in [0.15, 0.2) is 0 Å². The van der Waals surface area contributed by atoms with Gasteiger partial charge in [0.1, 0.15) is 11.6 Å². The highest BCUT2D eigenvalue weighted by atomic mass is 79.9. The van der Waals surface area contributed by atoms with Gasteiger partial charge in [-0.25, -0.2) is 9.18 Å². The van der Waals surface area contributed by atoms with E-state index in [9.17, 15) is 14.0 Å². The molecule has 0 aliphatic rings. The molecule has 0 heterocycles. The number of hydrogen-bond donors (Lipinski definition) is 0. The summed E-state index contributed by atoms with van der Waals surface area (Å²) >= 11 is 2.94. The van der Waals surface area contributed by atoms with Crippen molar-refractivity contribution in [1.29, 1.82) is 0 Å². The number of carbonyl (C=O) groups excluding carboxylic acids is 2. The number of Topliss-reactive ketones (excluding diaryl/α,β-unsaturated/α-hetero) is 1. The van der Waals surface area contributed by atoms with Crippen molar-refractivity contribution in [2.75, 3.05) is 13.7 Å². The fourth-order valence-corrected chi connectivity index (χ4v) is 1.72. The predicted molar refractivity (Wildman–Crippen MR) is 61.6 cm³/mol. The minimum absolute atomic E-state index is 0.00449. The first-order valence-electron chi connectivity index (χ1n) is 4.76. The molecule has 92 valence electrons. The Labute approximate surface area is 106 Å². The van der Waals surface area contributed by atoms with Crippen LogP contribution in [0.2, 0.25) is 0 Å². The van der Waals surface area contributed by atoms with Crippen LogP contribution in [0.15, 0.2) is 16.6 Å². The van der Waals surface area contributed by atoms with Crippen LogP contribution in [0.1, 0.15) is 17.3 Å². The SMILES string of the molecule is CCOC(=O)C(=O)c1ccc(F)c(Br)c1OC. The van der Waals surface area contributed by atoms with Crippen LogP contribution in [0.3, 0.4) is 0 Å². The van der Waals surface area contributed by atoms with Gasteiger partial charge in [-0.15, -0.1) is 0 Å². The number of ketones is 1. The molecule has 0 unspecified atom stereocenters. The van der Waals surface area contributed by atoms with Gasteiger partial charge in [0.25, 0.3) is 5.78 Å². The van der Waals surface area contributed by atoms with E-state index in [-0.39, 0.29) is 22.4 Å². The van der Waals surface area contributed by atoms with Crippen molar-refractivity contribution in [2.24, 2.45) is 0 Å². The largest absolute Gasteiger partial charge is 0.495 e. The van der Waals surface area contributed by atoms with Crippen molar-refractivity contribution >= 4 is 27.7 Å². The van der Waals surface area contributed by atoms with E-state index in [1.54, 1.807) is 6.92 Å². The maximum absolute atomic E-state index is 13.2. The Hall–Kier alpha value is -1.43. The van der Waals surface area contributed by atoms with E-state index < -0.39 is 17.6 Å². The Morgan fingerprint density at radius 2 is 2.06 bits per heavy atom. The van der Waals surface area contributed by atoms with E-state index in [0.29, 0.717) is 0 Å². The summed E-state index contributed by atoms with van der Waals surface area (Å²) in [6.07, 6.45) is 0. The normalized spacial score (nSPS) is 9.88. The van der Waals surface area contributed by atoms with Crippen molar-refractivity contribution < 1.29 is 23.5 Å². The van der Waals surface area contributed by atoms with E-state index in [1.165, 1.54) is 13.2 Å². The van der Waals surface area contributed by atoms with Crippen LogP contribution in [0.25, 0.3) is 0 Å². The smallest absolute Gasteiger partial charge is 0.379 e. The molecule has 1 rings (SSSR count). The minimum atomic E-state index is -0.996. The molecule has 0 aromatic heterocycles. The average molecular weight is 305 g/mol. The van der Waals surface area contributed by atoms with Gasteiger partial charge in [-0.05, 0) is 35.0 Å². The molecule has 17 heavy (non-hydrogen) atoms. The van der Waals surface area contributed by atoms with Crippen LogP contribution in [0.5, 0.6) is 5.75 Å². The van der Waals surface area contributed by atoms with Crippen LogP contribution in [-0.4, -0.2) is 25.5 Å². The second-order valence-corrected chi connectivity index (χ2v) is 3.78. The van der Waals surface area contributed by atoms with E-state index in [4.69, 9.17) is 4.74 Å². The number of benzene rings is 1. The first-order valence-corrected chi connectivity index (χ1v) is 5.55. The topological polar surface area (TPSA) is 52.6 Å². The fraction of sp³-hybridized carbons (Fsp3) is 0.273. The van der Waals surface area contributed by atoms with Crippen LogP contribution in [-0.2, 0) is 9.53 Å². The number of halogens is 2. The van der Waals surface area contributed by atoms with E-state index in [1.807, 2.05) is 0 Å². The molecule has 0 saturated heterocycles. The van der Waals surface area contributed by atoms with Crippen molar-refractivity contribution in [3.63, 3.8) is 0 Å². The molecular weight excluding hydrogens is 295 g/mol. The van der Waals surface area contributed by atoms with Crippen LogP contribution < -0.4 is 4.74 Å². The quantitative estimate of drug-likeness (QED) is 0.487. The second-order valence-electron chi connectivity index (χ2n) is 2.99. The molecule has 0 bridgehead atoms. The van der Waals surface area contributed by atoms with Crippen molar-refractivity contribution in [3.05, 3.63) is 28.0 Å². The summed E-state index contributed by atoms with van der Waals surface area (Å²) < 4.78 is 22.7. The number of hydrogen-bond acceptors (Lipinski definition) is 4. The molecule has 4 nitrogen and oxygen atoms in total. The molecule has 6 heteroatoms. The molecule has 0 N–H and O–H groups in total. The summed E-state index contributed by atoms with van der Waals surface area (Å²) in [5.41, 5.74) is -0.0424. The second kappa shape index (κ2) is 5.77. The van der Waals surface area contributed by atoms with Crippen LogP contribution in [0, 0.1) is 5.82 Å². The number of rotatable bonds is 4. The molecule has 0 atom stereocenters. The molecule has 0 saturated carbocycles. The Bertz CT molecular complexity index is 459. The molecule has 0 radical (unpaired) electrons. The standard InChI is InChI=1S/C11H10BrFO4/c1-3-17-11(15)9(14)6-4-5-7(13)8(12)10(6)16-2/h4-5H,3H2,1-2H3. The number of esters is 1. The highest BCUT2D eigenvalue weighted by Gasteiger charge is 2.24. The highest BCUT2D eigenvalue weighted by molar-refractivity contribution is 9.10. The van der Waals surface area contributed by atoms with E-state index >= 15 is 0 Å². The predicted octanol–water partition coefficient (Wildman–Crippen LogP) is 2.34. The number of carbonyl (C=O) groups is 2. The highest BCUT2D eigenvalue weighted by Crippen LogP contribution is 2.31. The molecular formula is C11H10BrFO4. The Kier molecular flexibility index (Phi) is 4.62. The zero-order valence-electron chi connectivity index (χ0n) is 9.25. The third kappa shape index (κ3) is 2.82. The summed E-state index contributed by atoms with van der Waals surface area (Å²) in [4.78, 5) is 23.0. The Morgan fingerprint density at radius 1 is 1.41 bits per heavy atom. The third-order valence-corrected chi connectivity index (χ3v) is 2.70. The van der Waals surface area contributed by atoms with Crippen LogP contribution >= 0.6 is 15.9 Å². The van der Waals surface area contributed by atoms with Crippen molar-refractivity contribution in [1.82, 2.24) is 0 Å². The molecule has 0 aliphatic carbocycles. The van der Waals surface area contributed by atoms with Gasteiger partial charge in [-0.3, -0.25) is 4.79 Å². The summed E-state index contributed by atoms with van der Waals surface area (Å²) in [5.74, 6) is -2.47. The van der Waals surface area contributed by atoms with Gasteiger partial charge in [-0.2, -0.15) is 0 Å². The molecule has 1 aromatic rings. The lowest BCUT2D eigenvalue weighted by molar-refractivity contribution is -0.137. The van der Waals surface area contributed by atoms with E-state index in [2.05, 4.69) is 20.7 Å². The molecule has 1 aromatic carbocycles. The fourth-order valence-electron chi connectivity index (χ4n) is 1.22. The lowest BCUT2D eigenvalue weighted by Crippen LogP contribution is -2.18. The maximum atomic E-state index is 13.2. The zero-order valence-corrected chi connectivity index (χ0v) is 10.8. The summed E-state index contributed by atoms with van der Waals surface area (Å²) in [6.45, 7) is 1.68. The zero-order chi connectivity index (χ0) is 13.0. The first-order chi connectivity index (χ1) is 8.02. The lowest BCUT2D eigenvalue weighted by Gasteiger charge is -2.09. The minimum Gasteiger partial charge on any atom is -0.495 e. The monoisotopic (exact) mass is 304 g/mol. The van der Waals surface area contributed by atoms with Gasteiger partial charge in [-0.1, -0.05) is 0 Å². The summed E-state index contributed by atoms with van der Waals surface area (Å²) in [5, 5.41) is 0. The molecule has 0 aliphatic heterocycles. The van der Waals surface area contributed by atoms with Crippen molar-refractivity contribution in [2.45, 2.75) is 6.92 Å². The Balaban J connectivity index is 3.18. The van der Waals surface area contributed by atoms with Gasteiger partial charge >= 0.3 is 5.97 Å².